The summed E-state index contributed by atoms with van der Waals surface area (Å²) >= 11 is 0. The number of rotatable bonds is 52. The van der Waals surface area contributed by atoms with Crippen LogP contribution in [-0.4, -0.2) is 401 Å². The average Bonchev–Trinajstić information content (AvgIpc) is 0.761. The Balaban J connectivity index is 1.69. The number of ether oxygens (including phenoxy) is 9. The number of nitrogens with one attached hydrogen (secondary N) is 12. The van der Waals surface area contributed by atoms with Crippen molar-refractivity contribution in [2.24, 2.45) is 11.5 Å². The first-order valence-corrected chi connectivity index (χ1v) is 39.8. The molecule has 55 heteroatoms. The number of hydrogen-bond donors (Lipinski definition) is 28. The van der Waals surface area contributed by atoms with E-state index in [1.807, 2.05) is 0 Å². The minimum atomic E-state index is -2.30. The number of hydrogen-bond acceptors (Lipinski definition) is 37. The second-order valence-electron chi connectivity index (χ2n) is 30.1. The fourth-order valence-electron chi connectivity index (χ4n) is 13.5. The molecule has 4 fully saturated rings. The molecule has 0 aromatic rings. The van der Waals surface area contributed by atoms with Gasteiger partial charge in [-0.15, -0.1) is 0 Å². The van der Waals surface area contributed by atoms with Gasteiger partial charge < -0.3 is 189 Å². The molecular formula is C72H116N14O41. The lowest BCUT2D eigenvalue weighted by atomic mass is 9.92. The number of carbonyl (C=O) groups excluding carboxylic acids is 12. The average molecular weight is 1830 g/mol. The van der Waals surface area contributed by atoms with Crippen LogP contribution in [0.5, 0.6) is 0 Å². The van der Waals surface area contributed by atoms with Crippen molar-refractivity contribution in [3.05, 3.63) is 0 Å². The van der Waals surface area contributed by atoms with E-state index in [4.69, 9.17) is 74.5 Å². The van der Waals surface area contributed by atoms with Crippen molar-refractivity contribution in [3.8, 4) is 0 Å². The normalized spacial score (nSPS) is 28.1. The summed E-state index contributed by atoms with van der Waals surface area (Å²) in [6.45, 7) is 1.62. The van der Waals surface area contributed by atoms with Crippen LogP contribution in [0.25, 0.3) is 0 Å². The van der Waals surface area contributed by atoms with Gasteiger partial charge in [-0.25, -0.2) is 9.59 Å². The highest BCUT2D eigenvalue weighted by Crippen LogP contribution is 2.37. The molecule has 4 aliphatic heterocycles. The van der Waals surface area contributed by atoms with Crippen LogP contribution in [0.15, 0.2) is 0 Å². The van der Waals surface area contributed by atoms with Crippen LogP contribution < -0.4 is 75.3 Å². The zero-order chi connectivity index (χ0) is 95.9. The molecule has 0 aromatic heterocycles. The van der Waals surface area contributed by atoms with Crippen LogP contribution in [0.1, 0.15) is 120 Å². The molecule has 0 aliphatic carbocycles. The third-order valence-corrected chi connectivity index (χ3v) is 20.1. The van der Waals surface area contributed by atoms with E-state index in [-0.39, 0.29) is 38.5 Å². The predicted octanol–water partition coefficient (Wildman–Crippen LogP) is -14.1. The Bertz CT molecular complexity index is 3800. The maximum Gasteiger partial charge on any atom is 0.326 e. The molecule has 4 rings (SSSR count). The third kappa shape index (κ3) is 34.0. The Morgan fingerprint density at radius 3 is 1.04 bits per heavy atom. The van der Waals surface area contributed by atoms with Crippen molar-refractivity contribution in [2.75, 3.05) is 39.5 Å². The molecule has 0 radical (unpaired) electrons. The van der Waals surface area contributed by atoms with Gasteiger partial charge in [0.15, 0.2) is 25.2 Å². The Hall–Kier alpha value is -10.3. The predicted molar refractivity (Wildman–Crippen MR) is 414 cm³/mol. The van der Waals surface area contributed by atoms with Gasteiger partial charge in [0.2, 0.25) is 70.9 Å². The first-order chi connectivity index (χ1) is 59.5. The van der Waals surface area contributed by atoms with Crippen LogP contribution in [-0.2, 0) is 129 Å². The van der Waals surface area contributed by atoms with E-state index in [1.54, 1.807) is 0 Å². The van der Waals surface area contributed by atoms with Crippen molar-refractivity contribution in [1.82, 2.24) is 63.8 Å². The second kappa shape index (κ2) is 52.2. The molecule has 30 unspecified atom stereocenters. The second-order valence-corrected chi connectivity index (χ2v) is 30.1. The summed E-state index contributed by atoms with van der Waals surface area (Å²) in [5.74, 6) is -21.8. The van der Waals surface area contributed by atoms with Gasteiger partial charge in [-0.1, -0.05) is 0 Å². The molecule has 0 aromatic carbocycles. The molecule has 127 heavy (non-hydrogen) atoms. The smallest absolute Gasteiger partial charge is 0.326 e. The summed E-state index contributed by atoms with van der Waals surface area (Å²) in [6, 6.07) is -20.5. The monoisotopic (exact) mass is 1830 g/mol. The standard InChI is InChI=1S/C72H116N14O41/c1-25(59(104)85-37(67(114)115)15-17-43(95)83-35(63(108)75-19-45(97)98)13-9-11-33(73)65(110)111)77-61(106)27(3)119-57-49(81-31(7)93)69(118)121-41(23-89)55(57)126-71-48(80-30(6)92)53(103)54(40(22-88)123-71)125-72-50(82-32(8)94)58(56(42(24-90)124-72)127-70-47(79-29(5)91)52(102)51(101)39(21-87)122-70)120-28(4)62(107)78-26(2)60(105)86-38(68(116)117)16-18-44(96)84-36(64(109)76-20-46(99)100)14-10-12-34(74)66(112)113/h25-28,33-42,47-58,69-72,87-90,101-103,118H,9-24,73-74H2,1-8H3,(H,75,108)(H,76,109)(H,77,106)(H,78,107)(H,79,91)(H,80,92)(H,81,93)(H,82,94)(H,83,95)(H,84,96)(H,85,104)(H,86,105)(H,97,98)(H,99,100)(H,110,111)(H,112,113)(H,114,115)(H,116,117). The molecular weight excluding hydrogens is 1720 g/mol. The Morgan fingerprint density at radius 2 is 0.677 bits per heavy atom. The molecule has 30 N–H and O–H groups in total. The van der Waals surface area contributed by atoms with E-state index in [9.17, 15) is 137 Å². The van der Waals surface area contributed by atoms with Gasteiger partial charge in [-0.2, -0.15) is 0 Å². The fourth-order valence-corrected chi connectivity index (χ4v) is 13.5. The van der Waals surface area contributed by atoms with Crippen molar-refractivity contribution in [1.29, 1.82) is 0 Å². The van der Waals surface area contributed by atoms with Gasteiger partial charge in [-0.05, 0) is 79.1 Å². The van der Waals surface area contributed by atoms with E-state index >= 15 is 0 Å². The zero-order valence-electron chi connectivity index (χ0n) is 70.1. The van der Waals surface area contributed by atoms with E-state index in [0.717, 1.165) is 55.4 Å². The summed E-state index contributed by atoms with van der Waals surface area (Å²) in [4.78, 5) is 230. The van der Waals surface area contributed by atoms with Gasteiger partial charge in [0.25, 0.3) is 0 Å². The van der Waals surface area contributed by atoms with Crippen molar-refractivity contribution in [2.45, 2.75) is 303 Å². The highest BCUT2D eigenvalue weighted by molar-refractivity contribution is 5.94. The van der Waals surface area contributed by atoms with Gasteiger partial charge >= 0.3 is 35.8 Å². The SMILES string of the molecule is CC(=O)NC1C(OC2C(CO)OC(OC3C(CO)OC(OC4C(CO)OC(O)C(NC(C)=O)C4OC(C)C(=O)NC(C)C(=O)NC(CCC(=O)NC(CCCC(N)C(=O)O)C(=O)NCC(=O)O)C(=O)O)C(NC(C)=O)C3O)C(NC(C)=O)C2OC(C)C(=O)NC(C)C(=O)NC(CCC(=O)NC(CCCC(N)C(=O)O)C(=O)NCC(=O)O)C(=O)O)OC(CO)C(O)C1O. The molecule has 12 amide bonds. The van der Waals surface area contributed by atoms with Crippen LogP contribution in [0, 0.1) is 0 Å². The third-order valence-electron chi connectivity index (χ3n) is 20.1. The molecule has 0 spiro atoms. The molecule has 4 heterocycles. The number of amides is 12. The summed E-state index contributed by atoms with van der Waals surface area (Å²) in [7, 11) is 0. The van der Waals surface area contributed by atoms with Crippen LogP contribution in [0.4, 0.5) is 0 Å². The quantitative estimate of drug-likeness (QED) is 0.0269. The Morgan fingerprint density at radius 1 is 0.346 bits per heavy atom. The van der Waals surface area contributed by atoms with Crippen molar-refractivity contribution < 1.29 is 200 Å². The fraction of sp³-hybridized carbons (Fsp3) is 0.750. The molecule has 30 atom stereocenters. The van der Waals surface area contributed by atoms with E-state index in [1.165, 1.54) is 0 Å². The summed E-state index contributed by atoms with van der Waals surface area (Å²) < 4.78 is 55.5. The molecule has 720 valence electrons. The van der Waals surface area contributed by atoms with Crippen molar-refractivity contribution in [3.63, 3.8) is 0 Å². The minimum Gasteiger partial charge on any atom is -0.480 e. The van der Waals surface area contributed by atoms with Crippen LogP contribution >= 0.6 is 0 Å². The lowest BCUT2D eigenvalue weighted by Crippen LogP contribution is -2.72. The maximum absolute atomic E-state index is 14.4. The molecule has 4 saturated heterocycles. The minimum absolute atomic E-state index is 0.0636. The first-order valence-electron chi connectivity index (χ1n) is 39.8. The van der Waals surface area contributed by atoms with Gasteiger partial charge in [0.1, 0.15) is 171 Å². The highest BCUT2D eigenvalue weighted by Gasteiger charge is 2.58. The summed E-state index contributed by atoms with van der Waals surface area (Å²) in [5.41, 5.74) is 11.1. The highest BCUT2D eigenvalue weighted by atomic mass is 16.8. The Labute approximate surface area is 722 Å². The number of aliphatic hydroxyl groups excluding tert-OH is 8. The number of nitrogens with two attached hydrogens (primary N) is 2. The summed E-state index contributed by atoms with van der Waals surface area (Å²) in [5, 5.41) is 174. The lowest BCUT2D eigenvalue weighted by Gasteiger charge is -2.52. The van der Waals surface area contributed by atoms with E-state index in [2.05, 4.69) is 63.8 Å². The number of carbonyl (C=O) groups is 18. The number of aliphatic carboxylic acids is 6. The van der Waals surface area contributed by atoms with Gasteiger partial charge in [-0.3, -0.25) is 76.7 Å². The molecule has 0 bridgehead atoms. The van der Waals surface area contributed by atoms with E-state index < -0.39 is 355 Å². The topological polar surface area (TPSA) is 870 Å². The van der Waals surface area contributed by atoms with Crippen LogP contribution in [0.3, 0.4) is 0 Å². The van der Waals surface area contributed by atoms with Crippen molar-refractivity contribution >= 4 is 107 Å². The van der Waals surface area contributed by atoms with Gasteiger partial charge in [0, 0.05) is 40.5 Å². The summed E-state index contributed by atoms with van der Waals surface area (Å²) in [6.07, 6.45) is -40.0. The largest absolute Gasteiger partial charge is 0.480 e. The molecule has 0 saturated carbocycles. The zero-order valence-corrected chi connectivity index (χ0v) is 70.1. The number of aliphatic hydroxyl groups is 8. The molecule has 4 aliphatic rings. The lowest BCUT2D eigenvalue weighted by molar-refractivity contribution is -0.365. The van der Waals surface area contributed by atoms with E-state index in [0.29, 0.717) is 0 Å². The van der Waals surface area contributed by atoms with Gasteiger partial charge in [0.05, 0.1) is 26.4 Å². The van der Waals surface area contributed by atoms with Crippen LogP contribution in [0.2, 0.25) is 0 Å². The maximum atomic E-state index is 14.4. The number of carboxylic acid groups (broad SMARTS) is 6. The first kappa shape index (κ1) is 109. The number of carboxylic acids is 6. The Kier molecular flexibility index (Phi) is 44.8. The molecule has 55 nitrogen and oxygen atoms in total.